The van der Waals surface area contributed by atoms with Crippen LogP contribution in [0.2, 0.25) is 13.1 Å². The Morgan fingerprint density at radius 3 is 2.08 bits per heavy atom. The maximum Gasteiger partial charge on any atom is 0.225 e. The van der Waals surface area contributed by atoms with Crippen LogP contribution in [-0.2, 0) is 14.1 Å². The van der Waals surface area contributed by atoms with E-state index in [4.69, 9.17) is 14.1 Å². The van der Waals surface area contributed by atoms with Gasteiger partial charge in [-0.3, -0.25) is 0 Å². The maximum absolute atomic E-state index is 15.1. The number of rotatable bonds is 5. The lowest BCUT2D eigenvalue weighted by molar-refractivity contribution is -0.0950. The first kappa shape index (κ1) is 29.2. The van der Waals surface area contributed by atoms with Gasteiger partial charge in [0.1, 0.15) is 14.2 Å². The van der Waals surface area contributed by atoms with Gasteiger partial charge in [0.25, 0.3) is 0 Å². The summed E-state index contributed by atoms with van der Waals surface area (Å²) in [6, 6.07) is 0. The van der Waals surface area contributed by atoms with Crippen LogP contribution in [0.25, 0.3) is 0 Å². The van der Waals surface area contributed by atoms with Gasteiger partial charge in [0.15, 0.2) is 23.3 Å². The first-order valence-electron chi connectivity index (χ1n) is 13.9. The first-order valence-corrected chi connectivity index (χ1v) is 16.8. The molecule has 5 nitrogen and oxygen atoms in total. The highest BCUT2D eigenvalue weighted by Gasteiger charge is 2.62. The van der Waals surface area contributed by atoms with E-state index >= 15 is 8.78 Å². The molecule has 11 heteroatoms. The second-order valence-corrected chi connectivity index (χ2v) is 16.4. The fourth-order valence-electron chi connectivity index (χ4n) is 8.58. The van der Waals surface area contributed by atoms with Gasteiger partial charge in [-0.15, -0.1) is 0 Å². The summed E-state index contributed by atoms with van der Waals surface area (Å²) in [4.78, 5) is 10.2. The van der Waals surface area contributed by atoms with Crippen molar-refractivity contribution < 1.29 is 36.1 Å². The van der Waals surface area contributed by atoms with Crippen LogP contribution >= 0.6 is 0 Å². The molecule has 1 aromatic carbocycles. The summed E-state index contributed by atoms with van der Waals surface area (Å²) in [6.07, 6.45) is 7.17. The molecular weight excluding hydrogens is 547 g/mol. The quantitative estimate of drug-likeness (QED) is 0.126. The lowest BCUT2D eigenvalue weighted by atomic mass is 9.46. The van der Waals surface area contributed by atoms with Gasteiger partial charge in [0.2, 0.25) is 14.1 Å². The number of fused-ring (bicyclic) bond motifs is 5. The van der Waals surface area contributed by atoms with Crippen LogP contribution in [0.1, 0.15) is 58.8 Å². The van der Waals surface area contributed by atoms with E-state index in [0.717, 1.165) is 43.5 Å². The van der Waals surface area contributed by atoms with Crippen LogP contribution < -0.4 is 5.19 Å². The molecule has 0 heterocycles. The summed E-state index contributed by atoms with van der Waals surface area (Å²) < 4.78 is 79.3. The van der Waals surface area contributed by atoms with E-state index in [1.807, 2.05) is 0 Å². The van der Waals surface area contributed by atoms with E-state index in [0.29, 0.717) is 18.8 Å². The van der Waals surface area contributed by atoms with Gasteiger partial charge in [-0.2, -0.15) is 0 Å². The van der Waals surface area contributed by atoms with E-state index in [-0.39, 0.29) is 22.7 Å². The molecule has 0 amide bonds. The topological polar surface area (TPSA) is 52.4 Å². The standard InChI is InChI=1S/C29H37F5N2O3Si/c1-28-12-11-16(35-37-3)13-15(28)7-8-17-18-9-10-20(36-38-4)29(18,2)14-19(21(17)28)39-40(5,6)27-25(33)23(31)22(30)24(32)26(27)34/h13,17-19,21H,7-12,14H2,1-6H3/b35-16-,36-20-/t17-,18-,19-,21+,28-,29-/m0/s1. The van der Waals surface area contributed by atoms with E-state index in [9.17, 15) is 13.2 Å². The fraction of sp³-hybridized carbons (Fsp3) is 0.655. The molecule has 0 aliphatic heterocycles. The monoisotopic (exact) mass is 584 g/mol. The van der Waals surface area contributed by atoms with Crippen LogP contribution in [0, 0.1) is 57.7 Å². The molecule has 4 aliphatic rings. The van der Waals surface area contributed by atoms with Crippen molar-refractivity contribution in [3.63, 3.8) is 0 Å². The second-order valence-electron chi connectivity index (χ2n) is 12.7. The third-order valence-electron chi connectivity index (χ3n) is 10.3. The highest BCUT2D eigenvalue weighted by atomic mass is 28.4. The van der Waals surface area contributed by atoms with Crippen LogP contribution in [0.15, 0.2) is 22.0 Å². The third-order valence-corrected chi connectivity index (χ3v) is 12.8. The van der Waals surface area contributed by atoms with Crippen LogP contribution in [-0.4, -0.2) is 40.1 Å². The Morgan fingerprint density at radius 2 is 1.45 bits per heavy atom. The normalized spacial score (nSPS) is 35.7. The first-order chi connectivity index (χ1) is 18.8. The SMILES string of the molecule is CO/N=C1\C=C2CC[C@@H]3[C@H]([C@@H](O[Si](C)(C)c4c(F)c(F)c(F)c(F)c4F)C[C@]4(C)/C(=N\OC)CC[C@@H]34)[C@@]2(C)CC1. The minimum atomic E-state index is -3.68. The van der Waals surface area contributed by atoms with Crippen molar-refractivity contribution in [2.24, 2.45) is 38.9 Å². The molecule has 0 aromatic heterocycles. The summed E-state index contributed by atoms with van der Waals surface area (Å²) in [5, 5.41) is 7.71. The smallest absolute Gasteiger partial charge is 0.225 e. The van der Waals surface area contributed by atoms with Gasteiger partial charge in [-0.05, 0) is 87.3 Å². The highest BCUT2D eigenvalue weighted by molar-refractivity contribution is 6.84. The number of oxime groups is 2. The minimum absolute atomic E-state index is 0.00963. The summed E-state index contributed by atoms with van der Waals surface area (Å²) in [5.74, 6) is -9.11. The zero-order chi connectivity index (χ0) is 29.2. The Bertz CT molecular complexity index is 1270. The molecule has 0 radical (unpaired) electrons. The predicted molar refractivity (Wildman–Crippen MR) is 144 cm³/mol. The highest BCUT2D eigenvalue weighted by Crippen LogP contribution is 2.65. The van der Waals surface area contributed by atoms with Crippen LogP contribution in [0.4, 0.5) is 22.0 Å². The fourth-order valence-corrected chi connectivity index (χ4v) is 11.0. The summed E-state index contributed by atoms with van der Waals surface area (Å²) in [5.41, 5.74) is 2.42. The van der Waals surface area contributed by atoms with Gasteiger partial charge >= 0.3 is 0 Å². The molecule has 0 saturated heterocycles. The third kappa shape index (κ3) is 4.33. The minimum Gasteiger partial charge on any atom is -0.409 e. The average molecular weight is 585 g/mol. The van der Waals surface area contributed by atoms with Gasteiger partial charge in [0, 0.05) is 10.6 Å². The van der Waals surface area contributed by atoms with E-state index in [1.54, 1.807) is 0 Å². The molecule has 1 aromatic rings. The second kappa shape index (κ2) is 10.2. The Morgan fingerprint density at radius 1 is 0.825 bits per heavy atom. The molecule has 0 N–H and O–H groups in total. The van der Waals surface area contributed by atoms with E-state index < -0.39 is 48.7 Å². The summed E-state index contributed by atoms with van der Waals surface area (Å²) in [6.45, 7) is 7.41. The number of halogens is 5. The molecule has 40 heavy (non-hydrogen) atoms. The van der Waals surface area contributed by atoms with Crippen LogP contribution in [0.5, 0.6) is 0 Å². The lowest BCUT2D eigenvalue weighted by Crippen LogP contribution is -2.61. The van der Waals surface area contributed by atoms with Crippen molar-refractivity contribution in [1.29, 1.82) is 0 Å². The van der Waals surface area contributed by atoms with Crippen molar-refractivity contribution in [2.75, 3.05) is 14.2 Å². The van der Waals surface area contributed by atoms with Crippen molar-refractivity contribution in [2.45, 2.75) is 78.0 Å². The zero-order valence-corrected chi connectivity index (χ0v) is 24.8. The summed E-state index contributed by atoms with van der Waals surface area (Å²) in [7, 11) is -0.645. The molecule has 3 fully saturated rings. The molecule has 4 aliphatic carbocycles. The molecule has 0 bridgehead atoms. The Labute approximate surface area is 232 Å². The molecule has 3 saturated carbocycles. The van der Waals surface area contributed by atoms with Crippen molar-refractivity contribution in [3.05, 3.63) is 40.7 Å². The molecule has 5 rings (SSSR count). The van der Waals surface area contributed by atoms with Crippen LogP contribution in [0.3, 0.4) is 0 Å². The van der Waals surface area contributed by atoms with E-state index in [2.05, 4.69) is 30.2 Å². The molecule has 6 atom stereocenters. The Hall–Kier alpha value is -2.27. The number of nitrogens with zero attached hydrogens (tertiary/aromatic N) is 2. The predicted octanol–water partition coefficient (Wildman–Crippen LogP) is 6.76. The van der Waals surface area contributed by atoms with Gasteiger partial charge in [-0.1, -0.05) is 29.7 Å². The zero-order valence-electron chi connectivity index (χ0n) is 23.8. The number of allylic oxidation sites excluding steroid dienone is 2. The number of benzene rings is 1. The number of hydrogen-bond acceptors (Lipinski definition) is 5. The molecule has 0 unspecified atom stereocenters. The molecule has 0 spiro atoms. The maximum atomic E-state index is 15.1. The molecule has 220 valence electrons. The van der Waals surface area contributed by atoms with Crippen molar-refractivity contribution in [3.8, 4) is 0 Å². The van der Waals surface area contributed by atoms with Gasteiger partial charge < -0.3 is 14.1 Å². The average Bonchev–Trinajstić information content (AvgIpc) is 3.22. The number of hydrogen-bond donors (Lipinski definition) is 0. The van der Waals surface area contributed by atoms with E-state index in [1.165, 1.54) is 32.9 Å². The van der Waals surface area contributed by atoms with Crippen molar-refractivity contribution in [1.82, 2.24) is 0 Å². The van der Waals surface area contributed by atoms with Crippen molar-refractivity contribution >= 4 is 24.9 Å². The largest absolute Gasteiger partial charge is 0.409 e. The Balaban J connectivity index is 1.62. The van der Waals surface area contributed by atoms with Gasteiger partial charge in [0.05, 0.1) is 17.5 Å². The lowest BCUT2D eigenvalue weighted by Gasteiger charge is -2.60. The Kier molecular flexibility index (Phi) is 7.47. The van der Waals surface area contributed by atoms with Gasteiger partial charge in [-0.25, -0.2) is 22.0 Å². The molecular formula is C29H37F5N2O3Si. The summed E-state index contributed by atoms with van der Waals surface area (Å²) >= 11 is 0.